The molecule has 0 heterocycles. The molecule has 0 aromatic carbocycles. The van der Waals surface area contributed by atoms with Gasteiger partial charge in [0.1, 0.15) is 0 Å². The highest BCUT2D eigenvalue weighted by Crippen LogP contribution is 2.00. The van der Waals surface area contributed by atoms with E-state index in [1.54, 1.807) is 12.2 Å². The van der Waals surface area contributed by atoms with Crippen molar-refractivity contribution in [1.29, 1.82) is 0 Å². The van der Waals surface area contributed by atoms with E-state index in [0.29, 0.717) is 6.42 Å². The quantitative estimate of drug-likeness (QED) is 0.300. The Labute approximate surface area is 72.3 Å². The predicted octanol–water partition coefficient (Wildman–Crippen LogP) is 1.39. The summed E-state index contributed by atoms with van der Waals surface area (Å²) in [4.78, 5) is 10.8. The normalized spacial score (nSPS) is 12.9. The minimum absolute atomic E-state index is 0.287. The highest BCUT2D eigenvalue weighted by Gasteiger charge is 2.08. The first-order chi connectivity index (χ1) is 5.57. The molecule has 0 saturated carbocycles. The minimum Gasteiger partial charge on any atom is -0.432 e. The number of esters is 1. The molecular weight excluding hydrogens is 156 g/mol. The Morgan fingerprint density at radius 3 is 2.75 bits per heavy atom. The first-order valence-electron chi connectivity index (χ1n) is 3.73. The summed E-state index contributed by atoms with van der Waals surface area (Å²) in [5.74, 6) is -0.563. The van der Waals surface area contributed by atoms with Gasteiger partial charge in [0.25, 0.3) is 0 Å². The van der Waals surface area contributed by atoms with Gasteiger partial charge in [0.2, 0.25) is 6.29 Å². The summed E-state index contributed by atoms with van der Waals surface area (Å²) in [7, 11) is 0. The molecule has 68 valence electrons. The Kier molecular flexibility index (Phi) is 5.04. The fourth-order valence-electron chi connectivity index (χ4n) is 0.525. The van der Waals surface area contributed by atoms with Gasteiger partial charge in [-0.05, 0) is 13.8 Å². The third-order valence-corrected chi connectivity index (χ3v) is 1.16. The van der Waals surface area contributed by atoms with E-state index in [2.05, 4.69) is 11.3 Å². The number of hydrogen-bond donors (Lipinski definition) is 1. The van der Waals surface area contributed by atoms with Crippen LogP contribution in [-0.4, -0.2) is 17.4 Å². The Balaban J connectivity index is 3.76. The number of hydrogen-bond acceptors (Lipinski definition) is 3. The van der Waals surface area contributed by atoms with Gasteiger partial charge in [0.15, 0.2) is 0 Å². The standard InChI is InChI=1S/C9H14O3/c1-4-5-6-8(10)12-9(11)7(2)3/h4-5,8,10H,2,6H2,1,3H3. The molecular formula is C9H14O3. The fraction of sp³-hybridized carbons (Fsp3) is 0.444. The summed E-state index contributed by atoms with van der Waals surface area (Å²) < 4.78 is 4.58. The van der Waals surface area contributed by atoms with E-state index in [-0.39, 0.29) is 5.57 Å². The zero-order valence-corrected chi connectivity index (χ0v) is 7.41. The zero-order chi connectivity index (χ0) is 9.56. The van der Waals surface area contributed by atoms with Crippen LogP contribution < -0.4 is 0 Å². The van der Waals surface area contributed by atoms with E-state index in [4.69, 9.17) is 5.11 Å². The first kappa shape index (κ1) is 10.9. The van der Waals surface area contributed by atoms with Gasteiger partial charge in [-0.15, -0.1) is 0 Å². The lowest BCUT2D eigenvalue weighted by molar-refractivity contribution is -0.162. The average molecular weight is 170 g/mol. The van der Waals surface area contributed by atoms with Crippen molar-refractivity contribution in [2.24, 2.45) is 0 Å². The van der Waals surface area contributed by atoms with Crippen LogP contribution in [0.2, 0.25) is 0 Å². The molecule has 0 rings (SSSR count). The summed E-state index contributed by atoms with van der Waals surface area (Å²) in [6, 6.07) is 0. The number of aliphatic hydroxyl groups excluding tert-OH is 1. The number of aliphatic hydroxyl groups is 1. The van der Waals surface area contributed by atoms with Gasteiger partial charge in [0.05, 0.1) is 0 Å². The summed E-state index contributed by atoms with van der Waals surface area (Å²) in [6.45, 7) is 6.74. The first-order valence-corrected chi connectivity index (χ1v) is 3.73. The van der Waals surface area contributed by atoms with Crippen LogP contribution in [0.3, 0.4) is 0 Å². The minimum atomic E-state index is -1.06. The molecule has 0 aliphatic rings. The molecule has 0 fully saturated rings. The molecule has 0 amide bonds. The van der Waals surface area contributed by atoms with Gasteiger partial charge in [-0.25, -0.2) is 4.79 Å². The van der Waals surface area contributed by atoms with Gasteiger partial charge in [0, 0.05) is 12.0 Å². The van der Waals surface area contributed by atoms with E-state index < -0.39 is 12.3 Å². The average Bonchev–Trinajstić information content (AvgIpc) is 2.00. The van der Waals surface area contributed by atoms with Gasteiger partial charge in [-0.2, -0.15) is 0 Å². The monoisotopic (exact) mass is 170 g/mol. The van der Waals surface area contributed by atoms with Crippen LogP contribution >= 0.6 is 0 Å². The maximum Gasteiger partial charge on any atom is 0.335 e. The summed E-state index contributed by atoms with van der Waals surface area (Å²) in [6.07, 6.45) is 2.74. The van der Waals surface area contributed by atoms with E-state index >= 15 is 0 Å². The number of carbonyl (C=O) groups is 1. The second-order valence-electron chi connectivity index (χ2n) is 2.45. The fourth-order valence-corrected chi connectivity index (χ4v) is 0.525. The number of allylic oxidation sites excluding steroid dienone is 1. The smallest absolute Gasteiger partial charge is 0.335 e. The molecule has 0 aliphatic carbocycles. The van der Waals surface area contributed by atoms with Crippen LogP contribution in [0.15, 0.2) is 24.3 Å². The van der Waals surface area contributed by atoms with Crippen molar-refractivity contribution >= 4 is 5.97 Å². The van der Waals surface area contributed by atoms with Crippen molar-refractivity contribution < 1.29 is 14.6 Å². The topological polar surface area (TPSA) is 46.5 Å². The van der Waals surface area contributed by atoms with Crippen molar-refractivity contribution in [3.05, 3.63) is 24.3 Å². The number of ether oxygens (including phenoxy) is 1. The second-order valence-corrected chi connectivity index (χ2v) is 2.45. The zero-order valence-electron chi connectivity index (χ0n) is 7.41. The van der Waals surface area contributed by atoms with E-state index in [0.717, 1.165) is 0 Å². The lowest BCUT2D eigenvalue weighted by atomic mass is 10.3. The largest absolute Gasteiger partial charge is 0.432 e. The number of rotatable bonds is 4. The van der Waals surface area contributed by atoms with Gasteiger partial charge >= 0.3 is 5.97 Å². The summed E-state index contributed by atoms with van der Waals surface area (Å²) >= 11 is 0. The van der Waals surface area contributed by atoms with Gasteiger partial charge in [-0.1, -0.05) is 18.7 Å². The Hall–Kier alpha value is -1.09. The molecule has 0 bridgehead atoms. The Morgan fingerprint density at radius 1 is 1.75 bits per heavy atom. The molecule has 0 saturated heterocycles. The molecule has 1 atom stereocenters. The van der Waals surface area contributed by atoms with Crippen LogP contribution in [0.1, 0.15) is 20.3 Å². The van der Waals surface area contributed by atoms with E-state index in [1.165, 1.54) is 6.92 Å². The highest BCUT2D eigenvalue weighted by atomic mass is 16.6. The molecule has 3 nitrogen and oxygen atoms in total. The van der Waals surface area contributed by atoms with Crippen LogP contribution in [0, 0.1) is 0 Å². The van der Waals surface area contributed by atoms with Crippen molar-refractivity contribution in [2.45, 2.75) is 26.6 Å². The van der Waals surface area contributed by atoms with Crippen molar-refractivity contribution in [2.75, 3.05) is 0 Å². The third kappa shape index (κ3) is 4.68. The molecule has 0 aliphatic heterocycles. The summed E-state index contributed by atoms with van der Waals surface area (Å²) in [5.41, 5.74) is 0.287. The van der Waals surface area contributed by atoms with Crippen molar-refractivity contribution in [3.63, 3.8) is 0 Å². The van der Waals surface area contributed by atoms with E-state index in [9.17, 15) is 4.79 Å². The molecule has 0 aromatic rings. The van der Waals surface area contributed by atoms with Crippen molar-refractivity contribution in [3.8, 4) is 0 Å². The second kappa shape index (κ2) is 5.55. The van der Waals surface area contributed by atoms with Crippen molar-refractivity contribution in [1.82, 2.24) is 0 Å². The lowest BCUT2D eigenvalue weighted by Gasteiger charge is -2.09. The van der Waals surface area contributed by atoms with Crippen LogP contribution in [0.25, 0.3) is 0 Å². The lowest BCUT2D eigenvalue weighted by Crippen LogP contribution is -2.16. The maximum atomic E-state index is 10.8. The van der Waals surface area contributed by atoms with Gasteiger partial charge < -0.3 is 9.84 Å². The summed E-state index contributed by atoms with van der Waals surface area (Å²) in [5, 5.41) is 9.06. The van der Waals surface area contributed by atoms with Gasteiger partial charge in [-0.3, -0.25) is 0 Å². The Bertz CT molecular complexity index is 194. The SMILES string of the molecule is C=C(C)C(=O)OC(O)CC=CC. The molecule has 3 heteroatoms. The van der Waals surface area contributed by atoms with Crippen LogP contribution in [0.4, 0.5) is 0 Å². The predicted molar refractivity (Wildman–Crippen MR) is 46.3 cm³/mol. The highest BCUT2D eigenvalue weighted by molar-refractivity contribution is 5.86. The third-order valence-electron chi connectivity index (χ3n) is 1.16. The molecule has 1 N–H and O–H groups in total. The molecule has 0 aromatic heterocycles. The molecule has 0 spiro atoms. The molecule has 12 heavy (non-hydrogen) atoms. The van der Waals surface area contributed by atoms with Crippen LogP contribution in [0.5, 0.6) is 0 Å². The Morgan fingerprint density at radius 2 is 2.33 bits per heavy atom. The molecule has 1 unspecified atom stereocenters. The maximum absolute atomic E-state index is 10.8. The number of carbonyl (C=O) groups excluding carboxylic acids is 1. The molecule has 0 radical (unpaired) electrons. The van der Waals surface area contributed by atoms with E-state index in [1.807, 2.05) is 6.92 Å². The van der Waals surface area contributed by atoms with Crippen LogP contribution in [-0.2, 0) is 9.53 Å².